The lowest BCUT2D eigenvalue weighted by Gasteiger charge is -2.28. The van der Waals surface area contributed by atoms with Crippen molar-refractivity contribution in [3.63, 3.8) is 0 Å². The quantitative estimate of drug-likeness (QED) is 0.739. The van der Waals surface area contributed by atoms with E-state index < -0.39 is 17.5 Å². The number of hydrogen-bond acceptors (Lipinski definition) is 5. The summed E-state index contributed by atoms with van der Waals surface area (Å²) in [5.41, 5.74) is 1.11. The summed E-state index contributed by atoms with van der Waals surface area (Å²) in [5, 5.41) is 0. The fourth-order valence-electron chi connectivity index (χ4n) is 3.31. The molecule has 0 fully saturated rings. The van der Waals surface area contributed by atoms with Crippen molar-refractivity contribution in [2.45, 2.75) is 18.9 Å². The fourth-order valence-corrected chi connectivity index (χ4v) is 3.31. The zero-order valence-electron chi connectivity index (χ0n) is 15.3. The minimum atomic E-state index is -1.33. The maximum absolute atomic E-state index is 12.9. The van der Waals surface area contributed by atoms with Gasteiger partial charge in [-0.05, 0) is 18.1 Å². The average Bonchev–Trinajstić information content (AvgIpc) is 3.09. The van der Waals surface area contributed by atoms with Crippen LogP contribution in [0.5, 0.6) is 0 Å². The Morgan fingerprint density at radius 3 is 2.22 bits per heavy atom. The Balaban J connectivity index is 2.20. The zero-order valence-corrected chi connectivity index (χ0v) is 15.3. The van der Waals surface area contributed by atoms with Gasteiger partial charge in [0, 0.05) is 18.2 Å². The number of hydrogen-bond donors (Lipinski definition) is 0. The van der Waals surface area contributed by atoms with Crippen molar-refractivity contribution in [3.05, 3.63) is 77.4 Å². The molecule has 0 radical (unpaired) electrons. The summed E-state index contributed by atoms with van der Waals surface area (Å²) in [7, 11) is 1.33. The van der Waals surface area contributed by atoms with Gasteiger partial charge in [-0.1, -0.05) is 60.7 Å². The number of carbonyl (C=O) groups is 2. The second kappa shape index (κ2) is 7.99. The molecular weight excluding hydrogens is 342 g/mol. The van der Waals surface area contributed by atoms with Crippen LogP contribution >= 0.6 is 0 Å². The minimum Gasteiger partial charge on any atom is -0.467 e. The van der Waals surface area contributed by atoms with Crippen LogP contribution < -0.4 is 0 Å². The van der Waals surface area contributed by atoms with E-state index in [4.69, 9.17) is 9.47 Å². The molecule has 1 atom stereocenters. The third-order valence-electron chi connectivity index (χ3n) is 4.48. The van der Waals surface area contributed by atoms with E-state index in [1.165, 1.54) is 13.3 Å². The van der Waals surface area contributed by atoms with Gasteiger partial charge in [-0.15, -0.1) is 0 Å². The first-order valence-electron chi connectivity index (χ1n) is 8.77. The average molecular weight is 363 g/mol. The van der Waals surface area contributed by atoms with Crippen molar-refractivity contribution in [3.8, 4) is 0 Å². The van der Waals surface area contributed by atoms with Crippen LogP contribution in [0.3, 0.4) is 0 Å². The molecule has 5 nitrogen and oxygen atoms in total. The summed E-state index contributed by atoms with van der Waals surface area (Å²) in [6.45, 7) is 1.98. The molecule has 0 N–H and O–H groups in total. The maximum Gasteiger partial charge on any atom is 0.340 e. The molecule has 27 heavy (non-hydrogen) atoms. The topological polar surface area (TPSA) is 65.0 Å². The standard InChI is InChI=1S/C22H21NO4/c1-3-27-20(24)18-15-23-22(21(25)26-2,14-16-10-6-4-7-11-16)19(18)17-12-8-5-9-13-17/h4-13,15H,3,14H2,1-2H3. The molecule has 2 aromatic rings. The predicted molar refractivity (Wildman–Crippen MR) is 103 cm³/mol. The number of rotatable bonds is 6. The summed E-state index contributed by atoms with van der Waals surface area (Å²) >= 11 is 0. The number of ether oxygens (including phenoxy) is 2. The molecule has 0 bridgehead atoms. The molecular formula is C22H21NO4. The van der Waals surface area contributed by atoms with E-state index in [1.54, 1.807) is 6.92 Å². The van der Waals surface area contributed by atoms with Crippen LogP contribution in [0.4, 0.5) is 0 Å². The summed E-state index contributed by atoms with van der Waals surface area (Å²) in [6, 6.07) is 18.8. The Morgan fingerprint density at radius 2 is 1.63 bits per heavy atom. The molecule has 0 amide bonds. The molecule has 1 unspecified atom stereocenters. The van der Waals surface area contributed by atoms with E-state index >= 15 is 0 Å². The Hall–Kier alpha value is -3.21. The van der Waals surface area contributed by atoms with Crippen molar-refractivity contribution in [2.75, 3.05) is 13.7 Å². The Labute approximate surface area is 158 Å². The van der Waals surface area contributed by atoms with Gasteiger partial charge in [-0.2, -0.15) is 0 Å². The van der Waals surface area contributed by atoms with Gasteiger partial charge in [-0.3, -0.25) is 4.99 Å². The number of esters is 2. The number of nitrogens with zero attached hydrogens (tertiary/aromatic N) is 1. The normalized spacial score (nSPS) is 18.4. The summed E-state index contributed by atoms with van der Waals surface area (Å²) in [5.74, 6) is -1.01. The van der Waals surface area contributed by atoms with Crippen LogP contribution in [-0.2, 0) is 25.5 Å². The smallest absolute Gasteiger partial charge is 0.340 e. The molecule has 1 heterocycles. The van der Waals surface area contributed by atoms with Crippen LogP contribution in [0.1, 0.15) is 18.1 Å². The predicted octanol–water partition coefficient (Wildman–Crippen LogP) is 3.24. The highest BCUT2D eigenvalue weighted by atomic mass is 16.5. The highest BCUT2D eigenvalue weighted by Crippen LogP contribution is 2.41. The molecule has 0 aromatic heterocycles. The molecule has 0 spiro atoms. The highest BCUT2D eigenvalue weighted by Gasteiger charge is 2.49. The van der Waals surface area contributed by atoms with Crippen molar-refractivity contribution >= 4 is 23.7 Å². The van der Waals surface area contributed by atoms with Crippen LogP contribution in [0.2, 0.25) is 0 Å². The Kier molecular flexibility index (Phi) is 5.50. The fraction of sp³-hybridized carbons (Fsp3) is 0.227. The van der Waals surface area contributed by atoms with Crippen molar-refractivity contribution < 1.29 is 19.1 Å². The van der Waals surface area contributed by atoms with E-state index in [0.29, 0.717) is 5.57 Å². The van der Waals surface area contributed by atoms with Crippen molar-refractivity contribution in [1.29, 1.82) is 0 Å². The van der Waals surface area contributed by atoms with E-state index in [0.717, 1.165) is 11.1 Å². The first kappa shape index (κ1) is 18.6. The van der Waals surface area contributed by atoms with Crippen LogP contribution in [0.25, 0.3) is 5.57 Å². The Bertz CT molecular complexity index is 887. The first-order chi connectivity index (χ1) is 13.1. The molecule has 138 valence electrons. The highest BCUT2D eigenvalue weighted by molar-refractivity contribution is 6.23. The van der Waals surface area contributed by atoms with E-state index in [-0.39, 0.29) is 18.6 Å². The number of methoxy groups -OCH3 is 1. The van der Waals surface area contributed by atoms with Crippen LogP contribution in [0.15, 0.2) is 71.2 Å². The van der Waals surface area contributed by atoms with Crippen LogP contribution in [0, 0.1) is 0 Å². The molecule has 0 saturated carbocycles. The zero-order chi connectivity index (χ0) is 19.3. The summed E-state index contributed by atoms with van der Waals surface area (Å²) < 4.78 is 10.3. The van der Waals surface area contributed by atoms with E-state index in [2.05, 4.69) is 4.99 Å². The first-order valence-corrected chi connectivity index (χ1v) is 8.77. The third-order valence-corrected chi connectivity index (χ3v) is 4.48. The second-order valence-electron chi connectivity index (χ2n) is 6.15. The molecule has 0 saturated heterocycles. The second-order valence-corrected chi connectivity index (χ2v) is 6.15. The molecule has 5 heteroatoms. The lowest BCUT2D eigenvalue weighted by atomic mass is 9.80. The SMILES string of the molecule is CCOC(=O)C1=C(c2ccccc2)C(Cc2ccccc2)(C(=O)OC)N=C1. The van der Waals surface area contributed by atoms with E-state index in [9.17, 15) is 9.59 Å². The monoisotopic (exact) mass is 363 g/mol. The number of carbonyl (C=O) groups excluding carboxylic acids is 2. The molecule has 3 rings (SSSR count). The summed E-state index contributed by atoms with van der Waals surface area (Å²) in [6.07, 6.45) is 1.71. The largest absolute Gasteiger partial charge is 0.467 e. The lowest BCUT2D eigenvalue weighted by molar-refractivity contribution is -0.144. The number of benzene rings is 2. The van der Waals surface area contributed by atoms with Crippen molar-refractivity contribution in [1.82, 2.24) is 0 Å². The van der Waals surface area contributed by atoms with Gasteiger partial charge in [0.2, 0.25) is 0 Å². The van der Waals surface area contributed by atoms with Gasteiger partial charge in [0.15, 0.2) is 5.54 Å². The van der Waals surface area contributed by atoms with E-state index in [1.807, 2.05) is 60.7 Å². The van der Waals surface area contributed by atoms with Gasteiger partial charge in [-0.25, -0.2) is 9.59 Å². The van der Waals surface area contributed by atoms with Gasteiger partial charge in [0.25, 0.3) is 0 Å². The summed E-state index contributed by atoms with van der Waals surface area (Å²) in [4.78, 5) is 30.0. The maximum atomic E-state index is 12.9. The Morgan fingerprint density at radius 1 is 1.00 bits per heavy atom. The third kappa shape index (κ3) is 3.53. The van der Waals surface area contributed by atoms with Gasteiger partial charge < -0.3 is 9.47 Å². The van der Waals surface area contributed by atoms with Gasteiger partial charge in [0.05, 0.1) is 19.3 Å². The molecule has 0 aliphatic carbocycles. The molecule has 1 aliphatic heterocycles. The van der Waals surface area contributed by atoms with Crippen molar-refractivity contribution in [2.24, 2.45) is 4.99 Å². The number of aliphatic imine (C=N–C) groups is 1. The molecule has 1 aliphatic rings. The van der Waals surface area contributed by atoms with Gasteiger partial charge >= 0.3 is 11.9 Å². The lowest BCUT2D eigenvalue weighted by Crippen LogP contribution is -2.40. The van der Waals surface area contributed by atoms with Crippen LogP contribution in [-0.4, -0.2) is 37.4 Å². The minimum absolute atomic E-state index is 0.238. The molecule has 2 aromatic carbocycles. The van der Waals surface area contributed by atoms with Gasteiger partial charge in [0.1, 0.15) is 0 Å².